The molecule has 5 nitrogen and oxygen atoms in total. The van der Waals surface area contributed by atoms with Gasteiger partial charge in [0.1, 0.15) is 0 Å². The maximum atomic E-state index is 12.8. The molecule has 0 fully saturated rings. The zero-order valence-electron chi connectivity index (χ0n) is 14.9. The van der Waals surface area contributed by atoms with E-state index in [4.69, 9.17) is 11.6 Å². The number of fused-ring (bicyclic) bond motifs is 1. The molecule has 4 rings (SSSR count). The van der Waals surface area contributed by atoms with Gasteiger partial charge in [-0.25, -0.2) is 0 Å². The SMILES string of the molecule is Cc1cc(Cl)ccc1Nc1ccc(C(=O)N2CCc3ccccc3C2)nn1. The second kappa shape index (κ2) is 7.37. The monoisotopic (exact) mass is 378 g/mol. The average molecular weight is 379 g/mol. The quantitative estimate of drug-likeness (QED) is 0.734. The summed E-state index contributed by atoms with van der Waals surface area (Å²) in [6.45, 7) is 3.27. The summed E-state index contributed by atoms with van der Waals surface area (Å²) in [6, 6.07) is 17.3. The van der Waals surface area contributed by atoms with Crippen LogP contribution in [-0.2, 0) is 13.0 Å². The Morgan fingerprint density at radius 2 is 1.89 bits per heavy atom. The van der Waals surface area contributed by atoms with Gasteiger partial charge in [-0.2, -0.15) is 0 Å². The van der Waals surface area contributed by atoms with E-state index in [-0.39, 0.29) is 5.91 Å². The van der Waals surface area contributed by atoms with Crippen molar-refractivity contribution in [3.8, 4) is 0 Å². The lowest BCUT2D eigenvalue weighted by atomic mass is 10.00. The Morgan fingerprint density at radius 3 is 2.63 bits per heavy atom. The van der Waals surface area contributed by atoms with Gasteiger partial charge in [-0.1, -0.05) is 35.9 Å². The second-order valence-electron chi connectivity index (χ2n) is 6.63. The zero-order valence-corrected chi connectivity index (χ0v) is 15.7. The molecule has 0 saturated carbocycles. The predicted molar refractivity (Wildman–Crippen MR) is 106 cm³/mol. The summed E-state index contributed by atoms with van der Waals surface area (Å²) in [5.74, 6) is 0.493. The molecule has 1 aliphatic rings. The van der Waals surface area contributed by atoms with Gasteiger partial charge in [0.25, 0.3) is 5.91 Å². The number of nitrogens with zero attached hydrogens (tertiary/aromatic N) is 3. The van der Waals surface area contributed by atoms with Gasteiger partial charge < -0.3 is 10.2 Å². The Labute approximate surface area is 163 Å². The molecule has 1 aromatic heterocycles. The van der Waals surface area contributed by atoms with Crippen molar-refractivity contribution in [3.05, 3.63) is 82.0 Å². The van der Waals surface area contributed by atoms with Gasteiger partial charge in [0.05, 0.1) is 0 Å². The van der Waals surface area contributed by atoms with E-state index < -0.39 is 0 Å². The Bertz CT molecular complexity index is 988. The fourth-order valence-corrected chi connectivity index (χ4v) is 3.48. The Balaban J connectivity index is 1.47. The summed E-state index contributed by atoms with van der Waals surface area (Å²) < 4.78 is 0. The maximum Gasteiger partial charge on any atom is 0.274 e. The van der Waals surface area contributed by atoms with Crippen molar-refractivity contribution in [1.29, 1.82) is 0 Å². The first kappa shape index (κ1) is 17.5. The molecule has 1 aliphatic heterocycles. The molecule has 6 heteroatoms. The van der Waals surface area contributed by atoms with Crippen molar-refractivity contribution in [3.63, 3.8) is 0 Å². The number of aromatic nitrogens is 2. The number of aryl methyl sites for hydroxylation is 1. The van der Waals surface area contributed by atoms with E-state index in [2.05, 4.69) is 27.6 Å². The molecule has 0 unspecified atom stereocenters. The van der Waals surface area contributed by atoms with Crippen LogP contribution >= 0.6 is 11.6 Å². The third-order valence-electron chi connectivity index (χ3n) is 4.75. The van der Waals surface area contributed by atoms with E-state index in [9.17, 15) is 4.79 Å². The van der Waals surface area contributed by atoms with E-state index in [0.717, 1.165) is 17.7 Å². The Hall–Kier alpha value is -2.92. The number of anilines is 2. The zero-order chi connectivity index (χ0) is 18.8. The number of halogens is 1. The number of amides is 1. The van der Waals surface area contributed by atoms with Crippen LogP contribution in [0.2, 0.25) is 5.02 Å². The van der Waals surface area contributed by atoms with E-state index in [0.29, 0.717) is 29.6 Å². The van der Waals surface area contributed by atoms with Gasteiger partial charge in [0, 0.05) is 23.8 Å². The van der Waals surface area contributed by atoms with Gasteiger partial charge in [0.15, 0.2) is 11.5 Å². The Morgan fingerprint density at radius 1 is 1.07 bits per heavy atom. The second-order valence-corrected chi connectivity index (χ2v) is 7.07. The first-order valence-electron chi connectivity index (χ1n) is 8.83. The van der Waals surface area contributed by atoms with Crippen molar-refractivity contribution in [2.45, 2.75) is 19.9 Å². The maximum absolute atomic E-state index is 12.8. The topological polar surface area (TPSA) is 58.1 Å². The molecule has 1 N–H and O–H groups in total. The first-order chi connectivity index (χ1) is 13.1. The molecule has 136 valence electrons. The smallest absolute Gasteiger partial charge is 0.274 e. The van der Waals surface area contributed by atoms with Crippen LogP contribution in [0, 0.1) is 6.92 Å². The van der Waals surface area contributed by atoms with Crippen LogP contribution in [0.1, 0.15) is 27.2 Å². The highest BCUT2D eigenvalue weighted by atomic mass is 35.5. The van der Waals surface area contributed by atoms with E-state index in [1.165, 1.54) is 11.1 Å². The first-order valence-corrected chi connectivity index (χ1v) is 9.21. The summed E-state index contributed by atoms with van der Waals surface area (Å²) in [5, 5.41) is 12.2. The molecule has 2 heterocycles. The molecule has 0 spiro atoms. The van der Waals surface area contributed by atoms with Crippen molar-refractivity contribution in [2.75, 3.05) is 11.9 Å². The highest BCUT2D eigenvalue weighted by Gasteiger charge is 2.22. The van der Waals surface area contributed by atoms with Crippen molar-refractivity contribution >= 4 is 29.0 Å². The van der Waals surface area contributed by atoms with Crippen LogP contribution in [-0.4, -0.2) is 27.5 Å². The van der Waals surface area contributed by atoms with E-state index >= 15 is 0 Å². The van der Waals surface area contributed by atoms with Crippen molar-refractivity contribution in [2.24, 2.45) is 0 Å². The summed E-state index contributed by atoms with van der Waals surface area (Å²) in [6.07, 6.45) is 0.866. The molecule has 3 aromatic rings. The molecule has 0 aliphatic carbocycles. The minimum Gasteiger partial charge on any atom is -0.339 e. The normalized spacial score (nSPS) is 13.2. The number of benzene rings is 2. The molecule has 1 amide bonds. The fraction of sp³-hybridized carbons (Fsp3) is 0.190. The lowest BCUT2D eigenvalue weighted by Crippen LogP contribution is -2.36. The van der Waals surface area contributed by atoms with E-state index in [1.807, 2.05) is 42.2 Å². The van der Waals surface area contributed by atoms with Gasteiger partial charge in [-0.3, -0.25) is 4.79 Å². The molecular weight excluding hydrogens is 360 g/mol. The number of carbonyl (C=O) groups excluding carboxylic acids is 1. The number of rotatable bonds is 3. The minimum atomic E-state index is -0.0915. The molecule has 0 radical (unpaired) electrons. The average Bonchev–Trinajstić information content (AvgIpc) is 2.70. The highest BCUT2D eigenvalue weighted by Crippen LogP contribution is 2.23. The Kier molecular flexibility index (Phi) is 4.77. The molecule has 2 aromatic carbocycles. The lowest BCUT2D eigenvalue weighted by Gasteiger charge is -2.28. The van der Waals surface area contributed by atoms with Crippen LogP contribution < -0.4 is 5.32 Å². The minimum absolute atomic E-state index is 0.0915. The van der Waals surface area contributed by atoms with Gasteiger partial charge >= 0.3 is 0 Å². The standard InChI is InChI=1S/C21H19ClN4O/c1-14-12-17(22)6-7-18(14)23-20-9-8-19(24-25-20)21(27)26-11-10-15-4-2-3-5-16(15)13-26/h2-9,12H,10-11,13H2,1H3,(H,23,25). The number of hydrogen-bond acceptors (Lipinski definition) is 4. The predicted octanol–water partition coefficient (Wildman–Crippen LogP) is 4.38. The van der Waals surface area contributed by atoms with Crippen LogP contribution in [0.15, 0.2) is 54.6 Å². The summed E-state index contributed by atoms with van der Waals surface area (Å²) in [5.41, 5.74) is 4.77. The third kappa shape index (κ3) is 3.78. The highest BCUT2D eigenvalue weighted by molar-refractivity contribution is 6.30. The third-order valence-corrected chi connectivity index (χ3v) is 4.99. The molecule has 27 heavy (non-hydrogen) atoms. The largest absolute Gasteiger partial charge is 0.339 e. The summed E-state index contributed by atoms with van der Waals surface area (Å²) >= 11 is 5.98. The van der Waals surface area contributed by atoms with E-state index in [1.54, 1.807) is 12.1 Å². The van der Waals surface area contributed by atoms with Crippen molar-refractivity contribution in [1.82, 2.24) is 15.1 Å². The lowest BCUT2D eigenvalue weighted by molar-refractivity contribution is 0.0727. The van der Waals surface area contributed by atoms with Gasteiger partial charge in [-0.05, 0) is 60.4 Å². The van der Waals surface area contributed by atoms with Crippen molar-refractivity contribution < 1.29 is 4.79 Å². The van der Waals surface area contributed by atoms with Crippen LogP contribution in [0.25, 0.3) is 0 Å². The van der Waals surface area contributed by atoms with Crippen LogP contribution in [0.4, 0.5) is 11.5 Å². The van der Waals surface area contributed by atoms with Crippen LogP contribution in [0.3, 0.4) is 0 Å². The number of hydrogen-bond donors (Lipinski definition) is 1. The van der Waals surface area contributed by atoms with Gasteiger partial charge in [-0.15, -0.1) is 10.2 Å². The molecular formula is C21H19ClN4O. The number of carbonyl (C=O) groups is 1. The molecule has 0 bridgehead atoms. The fourth-order valence-electron chi connectivity index (χ4n) is 3.25. The van der Waals surface area contributed by atoms with Crippen LogP contribution in [0.5, 0.6) is 0 Å². The number of nitrogens with one attached hydrogen (secondary N) is 1. The molecule has 0 atom stereocenters. The summed E-state index contributed by atoms with van der Waals surface area (Å²) in [4.78, 5) is 14.6. The van der Waals surface area contributed by atoms with Gasteiger partial charge in [0.2, 0.25) is 0 Å². The summed E-state index contributed by atoms with van der Waals surface area (Å²) in [7, 11) is 0. The molecule has 0 saturated heterocycles.